The number of para-hydroxylation sites is 1. The summed E-state index contributed by atoms with van der Waals surface area (Å²) < 4.78 is 11.0. The highest BCUT2D eigenvalue weighted by atomic mass is 35.5. The van der Waals surface area contributed by atoms with Crippen molar-refractivity contribution in [3.05, 3.63) is 88.8 Å². The highest BCUT2D eigenvalue weighted by molar-refractivity contribution is 6.31. The first-order valence-corrected chi connectivity index (χ1v) is 7.87. The topological polar surface area (TPSA) is 51.5 Å². The minimum absolute atomic E-state index is 0.248. The van der Waals surface area contributed by atoms with Crippen LogP contribution in [0.25, 0.3) is 0 Å². The van der Waals surface area contributed by atoms with Gasteiger partial charge in [0.2, 0.25) is 0 Å². The standard InChI is InChI=1S/C19H16ClNO3/c20-17-9-5-4-6-14(17)12-21-19(22)18-15(10-11-23-18)13-24-16-7-2-1-3-8-16/h1-11H,12-13H2,(H,21,22). The van der Waals surface area contributed by atoms with E-state index in [-0.39, 0.29) is 18.3 Å². The van der Waals surface area contributed by atoms with Crippen LogP contribution in [0.2, 0.25) is 5.02 Å². The summed E-state index contributed by atoms with van der Waals surface area (Å²) in [6.07, 6.45) is 1.48. The van der Waals surface area contributed by atoms with Gasteiger partial charge in [-0.1, -0.05) is 48.0 Å². The number of benzene rings is 2. The van der Waals surface area contributed by atoms with Gasteiger partial charge in [0.15, 0.2) is 5.76 Å². The van der Waals surface area contributed by atoms with E-state index in [1.807, 2.05) is 48.5 Å². The van der Waals surface area contributed by atoms with Crippen molar-refractivity contribution in [2.24, 2.45) is 0 Å². The molecule has 2 aromatic carbocycles. The molecule has 0 fully saturated rings. The molecule has 122 valence electrons. The Hall–Kier alpha value is -2.72. The third-order valence-corrected chi connectivity index (χ3v) is 3.86. The SMILES string of the molecule is O=C(NCc1ccccc1Cl)c1occc1COc1ccccc1. The molecule has 4 nitrogen and oxygen atoms in total. The fourth-order valence-corrected chi connectivity index (χ4v) is 2.43. The van der Waals surface area contributed by atoms with Gasteiger partial charge >= 0.3 is 0 Å². The van der Waals surface area contributed by atoms with Crippen LogP contribution in [0.15, 0.2) is 71.3 Å². The Balaban J connectivity index is 1.62. The number of hydrogen-bond acceptors (Lipinski definition) is 3. The number of amides is 1. The lowest BCUT2D eigenvalue weighted by Gasteiger charge is -2.08. The Labute approximate surface area is 145 Å². The van der Waals surface area contributed by atoms with Crippen LogP contribution in [0.3, 0.4) is 0 Å². The van der Waals surface area contributed by atoms with Crippen LogP contribution in [0.1, 0.15) is 21.7 Å². The number of carbonyl (C=O) groups excluding carboxylic acids is 1. The van der Waals surface area contributed by atoms with Crippen LogP contribution < -0.4 is 10.1 Å². The number of halogens is 1. The molecule has 3 rings (SSSR count). The minimum Gasteiger partial charge on any atom is -0.489 e. The molecule has 0 bridgehead atoms. The molecule has 1 amide bonds. The molecule has 0 unspecified atom stereocenters. The summed E-state index contributed by atoms with van der Waals surface area (Å²) in [4.78, 5) is 12.3. The number of furan rings is 1. The largest absolute Gasteiger partial charge is 0.489 e. The monoisotopic (exact) mass is 341 g/mol. The van der Waals surface area contributed by atoms with Crippen molar-refractivity contribution >= 4 is 17.5 Å². The molecule has 0 aliphatic carbocycles. The quantitative estimate of drug-likeness (QED) is 0.721. The maximum absolute atomic E-state index is 12.3. The molecule has 1 aromatic heterocycles. The number of nitrogens with one attached hydrogen (secondary N) is 1. The average molecular weight is 342 g/mol. The van der Waals surface area contributed by atoms with Gasteiger partial charge in [-0.15, -0.1) is 0 Å². The zero-order valence-corrected chi connectivity index (χ0v) is 13.6. The van der Waals surface area contributed by atoms with Gasteiger partial charge < -0.3 is 14.5 Å². The van der Waals surface area contributed by atoms with Crippen LogP contribution in [-0.2, 0) is 13.2 Å². The zero-order valence-electron chi connectivity index (χ0n) is 12.9. The van der Waals surface area contributed by atoms with E-state index in [2.05, 4.69) is 5.32 Å². The molecule has 0 saturated heterocycles. The third kappa shape index (κ3) is 3.97. The predicted molar refractivity (Wildman–Crippen MR) is 92.1 cm³/mol. The van der Waals surface area contributed by atoms with Gasteiger partial charge in [-0.05, 0) is 29.8 Å². The summed E-state index contributed by atoms with van der Waals surface area (Å²) in [5, 5.41) is 3.42. The van der Waals surface area contributed by atoms with Crippen molar-refractivity contribution in [1.29, 1.82) is 0 Å². The van der Waals surface area contributed by atoms with E-state index in [0.29, 0.717) is 17.1 Å². The van der Waals surface area contributed by atoms with Crippen molar-refractivity contribution in [3.63, 3.8) is 0 Å². The molecule has 24 heavy (non-hydrogen) atoms. The minimum atomic E-state index is -0.299. The molecule has 0 aliphatic heterocycles. The highest BCUT2D eigenvalue weighted by Gasteiger charge is 2.16. The van der Waals surface area contributed by atoms with Gasteiger partial charge in [0.05, 0.1) is 6.26 Å². The second kappa shape index (κ2) is 7.70. The van der Waals surface area contributed by atoms with Crippen LogP contribution in [0, 0.1) is 0 Å². The van der Waals surface area contributed by atoms with E-state index < -0.39 is 0 Å². The molecule has 1 N–H and O–H groups in total. The Morgan fingerprint density at radius 2 is 1.75 bits per heavy atom. The molecule has 3 aromatic rings. The fourth-order valence-electron chi connectivity index (χ4n) is 2.22. The normalized spacial score (nSPS) is 10.4. The van der Waals surface area contributed by atoms with Crippen LogP contribution in [-0.4, -0.2) is 5.91 Å². The lowest BCUT2D eigenvalue weighted by Crippen LogP contribution is -2.23. The molecule has 0 saturated carbocycles. The van der Waals surface area contributed by atoms with E-state index in [9.17, 15) is 4.79 Å². The fraction of sp³-hybridized carbons (Fsp3) is 0.105. The van der Waals surface area contributed by atoms with Crippen molar-refractivity contribution in [3.8, 4) is 5.75 Å². The van der Waals surface area contributed by atoms with Gasteiger partial charge in [-0.2, -0.15) is 0 Å². The van der Waals surface area contributed by atoms with Crippen molar-refractivity contribution in [2.45, 2.75) is 13.2 Å². The molecule has 0 radical (unpaired) electrons. The molecular weight excluding hydrogens is 326 g/mol. The van der Waals surface area contributed by atoms with E-state index >= 15 is 0 Å². The number of hydrogen-bond donors (Lipinski definition) is 1. The number of carbonyl (C=O) groups is 1. The first-order chi connectivity index (χ1) is 11.7. The van der Waals surface area contributed by atoms with Gasteiger partial charge in [0.25, 0.3) is 5.91 Å². The number of rotatable bonds is 6. The maximum atomic E-state index is 12.3. The smallest absolute Gasteiger partial charge is 0.287 e. The summed E-state index contributed by atoms with van der Waals surface area (Å²) in [6.45, 7) is 0.591. The lowest BCUT2D eigenvalue weighted by atomic mass is 10.2. The van der Waals surface area contributed by atoms with E-state index in [1.54, 1.807) is 12.1 Å². The summed E-state index contributed by atoms with van der Waals surface area (Å²) in [6, 6.07) is 18.5. The van der Waals surface area contributed by atoms with Crippen LogP contribution in [0.4, 0.5) is 0 Å². The number of ether oxygens (including phenoxy) is 1. The second-order valence-electron chi connectivity index (χ2n) is 5.15. The highest BCUT2D eigenvalue weighted by Crippen LogP contribution is 2.17. The lowest BCUT2D eigenvalue weighted by molar-refractivity contribution is 0.0919. The van der Waals surface area contributed by atoms with Crippen LogP contribution >= 0.6 is 11.6 Å². The van der Waals surface area contributed by atoms with E-state index in [0.717, 1.165) is 11.3 Å². The van der Waals surface area contributed by atoms with Crippen LogP contribution in [0.5, 0.6) is 5.75 Å². The van der Waals surface area contributed by atoms with Gasteiger partial charge in [0, 0.05) is 17.1 Å². The summed E-state index contributed by atoms with van der Waals surface area (Å²) in [5.74, 6) is 0.686. The Morgan fingerprint density at radius 3 is 2.54 bits per heavy atom. The summed E-state index contributed by atoms with van der Waals surface area (Å²) in [7, 11) is 0. The first-order valence-electron chi connectivity index (χ1n) is 7.50. The zero-order chi connectivity index (χ0) is 16.8. The maximum Gasteiger partial charge on any atom is 0.287 e. The Bertz CT molecular complexity index is 814. The molecule has 0 atom stereocenters. The van der Waals surface area contributed by atoms with E-state index in [1.165, 1.54) is 6.26 Å². The molecular formula is C19H16ClNO3. The van der Waals surface area contributed by atoms with Gasteiger partial charge in [-0.25, -0.2) is 0 Å². The molecule has 1 heterocycles. The van der Waals surface area contributed by atoms with Crippen molar-refractivity contribution < 1.29 is 13.9 Å². The molecule has 0 spiro atoms. The molecule has 0 aliphatic rings. The molecule has 5 heteroatoms. The van der Waals surface area contributed by atoms with E-state index in [4.69, 9.17) is 20.8 Å². The predicted octanol–water partition coefficient (Wildman–Crippen LogP) is 4.44. The van der Waals surface area contributed by atoms with Crippen molar-refractivity contribution in [2.75, 3.05) is 0 Å². The van der Waals surface area contributed by atoms with Crippen molar-refractivity contribution in [1.82, 2.24) is 5.32 Å². The Morgan fingerprint density at radius 1 is 1.00 bits per heavy atom. The Kier molecular flexibility index (Phi) is 5.18. The van der Waals surface area contributed by atoms with Gasteiger partial charge in [0.1, 0.15) is 12.4 Å². The average Bonchev–Trinajstić information content (AvgIpc) is 3.08. The summed E-state index contributed by atoms with van der Waals surface area (Å²) in [5.41, 5.74) is 1.54. The first kappa shape index (κ1) is 16.1. The second-order valence-corrected chi connectivity index (χ2v) is 5.56. The van der Waals surface area contributed by atoms with Gasteiger partial charge in [-0.3, -0.25) is 4.79 Å². The third-order valence-electron chi connectivity index (χ3n) is 3.49. The summed E-state index contributed by atoms with van der Waals surface area (Å²) >= 11 is 6.09.